The van der Waals surface area contributed by atoms with E-state index >= 15 is 0 Å². The van der Waals surface area contributed by atoms with Crippen molar-refractivity contribution in [1.29, 1.82) is 0 Å². The molecule has 0 aliphatic rings. The molecule has 0 saturated heterocycles. The van der Waals surface area contributed by atoms with Gasteiger partial charge in [0.1, 0.15) is 5.75 Å². The zero-order valence-electron chi connectivity index (χ0n) is 11.7. The zero-order chi connectivity index (χ0) is 14.4. The van der Waals surface area contributed by atoms with Gasteiger partial charge < -0.3 is 9.47 Å². The number of methoxy groups -OCH3 is 1. The molecule has 3 heteroatoms. The van der Waals surface area contributed by atoms with Gasteiger partial charge >= 0.3 is 5.97 Å². The fourth-order valence-electron chi connectivity index (χ4n) is 1.99. The summed E-state index contributed by atoms with van der Waals surface area (Å²) in [5, 5.41) is 0. The van der Waals surface area contributed by atoms with Crippen LogP contribution in [-0.4, -0.2) is 19.2 Å². The quantitative estimate of drug-likeness (QED) is 0.783. The number of esters is 1. The molecule has 20 heavy (non-hydrogen) atoms. The highest BCUT2D eigenvalue weighted by Crippen LogP contribution is 2.22. The van der Waals surface area contributed by atoms with Crippen LogP contribution in [0.1, 0.15) is 18.1 Å². The first-order chi connectivity index (χ1) is 9.70. The molecule has 0 aliphatic carbocycles. The second-order valence-corrected chi connectivity index (χ2v) is 4.55. The molecule has 0 spiro atoms. The lowest BCUT2D eigenvalue weighted by Gasteiger charge is -2.15. The molecule has 104 valence electrons. The van der Waals surface area contributed by atoms with Crippen LogP contribution < -0.4 is 4.74 Å². The smallest absolute Gasteiger partial charge is 0.346 e. The largest absolute Gasteiger partial charge is 0.479 e. The van der Waals surface area contributed by atoms with E-state index < -0.39 is 6.10 Å². The van der Waals surface area contributed by atoms with Gasteiger partial charge in [-0.1, -0.05) is 48.5 Å². The van der Waals surface area contributed by atoms with E-state index in [1.165, 1.54) is 12.7 Å². The van der Waals surface area contributed by atoms with Gasteiger partial charge in [-0.2, -0.15) is 0 Å². The van der Waals surface area contributed by atoms with Crippen LogP contribution in [0, 0.1) is 0 Å². The molecular formula is C17H18O3. The van der Waals surface area contributed by atoms with Gasteiger partial charge in [-0.05, 0) is 24.1 Å². The predicted octanol–water partition coefficient (Wildman–Crippen LogP) is 3.22. The Morgan fingerprint density at radius 2 is 1.70 bits per heavy atom. The zero-order valence-corrected chi connectivity index (χ0v) is 11.7. The number of carbonyl (C=O) groups is 1. The molecule has 3 nitrogen and oxygen atoms in total. The summed E-state index contributed by atoms with van der Waals surface area (Å²) in [6, 6.07) is 17.9. The van der Waals surface area contributed by atoms with Gasteiger partial charge in [0, 0.05) is 6.42 Å². The first kappa shape index (κ1) is 14.1. The summed E-state index contributed by atoms with van der Waals surface area (Å²) in [7, 11) is 1.36. The standard InChI is InChI=1S/C17H18O3/c1-13(17(18)19-2)20-16-11-7-6-10-15(16)12-14-8-4-3-5-9-14/h3-11,13H,12H2,1-2H3/t13-/m0/s1. The second-order valence-electron chi connectivity index (χ2n) is 4.55. The minimum Gasteiger partial charge on any atom is -0.479 e. The third-order valence-electron chi connectivity index (χ3n) is 3.05. The van der Waals surface area contributed by atoms with E-state index in [4.69, 9.17) is 4.74 Å². The minimum atomic E-state index is -0.614. The molecular weight excluding hydrogens is 252 g/mol. The monoisotopic (exact) mass is 270 g/mol. The summed E-state index contributed by atoms with van der Waals surface area (Å²) in [6.07, 6.45) is 0.155. The van der Waals surface area contributed by atoms with Crippen molar-refractivity contribution in [1.82, 2.24) is 0 Å². The molecule has 2 aromatic carbocycles. The number of carbonyl (C=O) groups excluding carboxylic acids is 1. The van der Waals surface area contributed by atoms with Crippen molar-refractivity contribution in [2.45, 2.75) is 19.4 Å². The number of ether oxygens (including phenoxy) is 2. The predicted molar refractivity (Wildman–Crippen MR) is 77.8 cm³/mol. The lowest BCUT2D eigenvalue weighted by Crippen LogP contribution is -2.25. The Kier molecular flexibility index (Phi) is 4.77. The number of para-hydroxylation sites is 1. The topological polar surface area (TPSA) is 35.5 Å². The number of hydrogen-bond acceptors (Lipinski definition) is 3. The number of hydrogen-bond donors (Lipinski definition) is 0. The molecule has 0 aliphatic heterocycles. The second kappa shape index (κ2) is 6.75. The summed E-state index contributed by atoms with van der Waals surface area (Å²) >= 11 is 0. The van der Waals surface area contributed by atoms with Crippen LogP contribution in [0.15, 0.2) is 54.6 Å². The summed E-state index contributed by atoms with van der Waals surface area (Å²) in [6.45, 7) is 1.69. The van der Waals surface area contributed by atoms with Gasteiger partial charge in [0.15, 0.2) is 6.10 Å². The van der Waals surface area contributed by atoms with Crippen LogP contribution in [0.4, 0.5) is 0 Å². The summed E-state index contributed by atoms with van der Waals surface area (Å²) in [4.78, 5) is 11.4. The molecule has 2 aromatic rings. The average Bonchev–Trinajstić information content (AvgIpc) is 2.49. The van der Waals surface area contributed by atoms with Crippen molar-refractivity contribution >= 4 is 5.97 Å². The van der Waals surface area contributed by atoms with Crippen molar-refractivity contribution in [3.8, 4) is 5.75 Å². The molecule has 0 saturated carbocycles. The van der Waals surface area contributed by atoms with Crippen molar-refractivity contribution in [3.63, 3.8) is 0 Å². The lowest BCUT2D eigenvalue weighted by atomic mass is 10.0. The molecule has 1 atom stereocenters. The van der Waals surface area contributed by atoms with E-state index in [1.54, 1.807) is 6.92 Å². The highest BCUT2D eigenvalue weighted by atomic mass is 16.6. The Morgan fingerprint density at radius 3 is 2.40 bits per heavy atom. The van der Waals surface area contributed by atoms with E-state index in [1.807, 2.05) is 42.5 Å². The summed E-state index contributed by atoms with van der Waals surface area (Å²) in [5.41, 5.74) is 2.25. The first-order valence-corrected chi connectivity index (χ1v) is 6.57. The van der Waals surface area contributed by atoms with Gasteiger partial charge in [0.2, 0.25) is 0 Å². The van der Waals surface area contributed by atoms with Crippen LogP contribution in [0.25, 0.3) is 0 Å². The lowest BCUT2D eigenvalue weighted by molar-refractivity contribution is -0.147. The molecule has 2 rings (SSSR count). The van der Waals surface area contributed by atoms with Gasteiger partial charge in [0.05, 0.1) is 7.11 Å². The van der Waals surface area contributed by atoms with E-state index in [9.17, 15) is 4.79 Å². The maximum absolute atomic E-state index is 11.4. The molecule has 0 heterocycles. The number of rotatable bonds is 5. The third-order valence-corrected chi connectivity index (χ3v) is 3.05. The van der Waals surface area contributed by atoms with E-state index in [0.717, 1.165) is 12.0 Å². The maximum atomic E-state index is 11.4. The molecule has 0 radical (unpaired) electrons. The minimum absolute atomic E-state index is 0.375. The summed E-state index contributed by atoms with van der Waals surface area (Å²) in [5.74, 6) is 0.341. The molecule has 0 N–H and O–H groups in total. The van der Waals surface area contributed by atoms with Gasteiger partial charge in [-0.25, -0.2) is 4.79 Å². The van der Waals surface area contributed by atoms with E-state index in [2.05, 4.69) is 16.9 Å². The van der Waals surface area contributed by atoms with Gasteiger partial charge in [-0.3, -0.25) is 0 Å². The normalized spacial score (nSPS) is 11.7. The Labute approximate surface area is 119 Å². The number of benzene rings is 2. The average molecular weight is 270 g/mol. The molecule has 0 fully saturated rings. The maximum Gasteiger partial charge on any atom is 0.346 e. The Morgan fingerprint density at radius 1 is 1.05 bits per heavy atom. The molecule has 0 aromatic heterocycles. The van der Waals surface area contributed by atoms with E-state index in [0.29, 0.717) is 5.75 Å². The van der Waals surface area contributed by atoms with Crippen molar-refractivity contribution < 1.29 is 14.3 Å². The molecule has 0 bridgehead atoms. The highest BCUT2D eigenvalue weighted by Gasteiger charge is 2.16. The molecule has 0 amide bonds. The molecule has 0 unspecified atom stereocenters. The van der Waals surface area contributed by atoms with Crippen LogP contribution in [0.2, 0.25) is 0 Å². The Bertz CT molecular complexity index is 563. The van der Waals surface area contributed by atoms with Crippen LogP contribution >= 0.6 is 0 Å². The van der Waals surface area contributed by atoms with Gasteiger partial charge in [-0.15, -0.1) is 0 Å². The fourth-order valence-corrected chi connectivity index (χ4v) is 1.99. The Balaban J connectivity index is 2.16. The SMILES string of the molecule is COC(=O)[C@H](C)Oc1ccccc1Cc1ccccc1. The van der Waals surface area contributed by atoms with Crippen molar-refractivity contribution in [2.24, 2.45) is 0 Å². The Hall–Kier alpha value is -2.29. The van der Waals surface area contributed by atoms with Gasteiger partial charge in [0.25, 0.3) is 0 Å². The van der Waals surface area contributed by atoms with Crippen molar-refractivity contribution in [2.75, 3.05) is 7.11 Å². The van der Waals surface area contributed by atoms with Crippen LogP contribution in [-0.2, 0) is 16.0 Å². The first-order valence-electron chi connectivity index (χ1n) is 6.57. The fraction of sp³-hybridized carbons (Fsp3) is 0.235. The summed E-state index contributed by atoms with van der Waals surface area (Å²) < 4.78 is 10.4. The van der Waals surface area contributed by atoms with Crippen molar-refractivity contribution in [3.05, 3.63) is 65.7 Å². The van der Waals surface area contributed by atoms with Crippen LogP contribution in [0.3, 0.4) is 0 Å². The van der Waals surface area contributed by atoms with E-state index in [-0.39, 0.29) is 5.97 Å². The van der Waals surface area contributed by atoms with Crippen LogP contribution in [0.5, 0.6) is 5.75 Å². The third kappa shape index (κ3) is 3.60. The highest BCUT2D eigenvalue weighted by molar-refractivity contribution is 5.74.